The molecular formula is C11H22N4O2S. The summed E-state index contributed by atoms with van der Waals surface area (Å²) in [5.74, 6) is 1.10. The second kappa shape index (κ2) is 8.23. The van der Waals surface area contributed by atoms with E-state index in [0.29, 0.717) is 13.0 Å². The Morgan fingerprint density at radius 3 is 2.78 bits per heavy atom. The maximum absolute atomic E-state index is 11.6. The zero-order valence-corrected chi connectivity index (χ0v) is 11.6. The van der Waals surface area contributed by atoms with Crippen LogP contribution in [0.25, 0.3) is 0 Å². The molecule has 3 N–H and O–H groups in total. The van der Waals surface area contributed by atoms with Crippen molar-refractivity contribution in [2.45, 2.75) is 25.7 Å². The van der Waals surface area contributed by atoms with E-state index in [9.17, 15) is 8.42 Å². The normalized spacial score (nSPS) is 11.8. The van der Waals surface area contributed by atoms with Gasteiger partial charge in [-0.15, -0.1) is 0 Å². The molecule has 0 amide bonds. The molecule has 18 heavy (non-hydrogen) atoms. The first kappa shape index (κ1) is 15.1. The van der Waals surface area contributed by atoms with Gasteiger partial charge < -0.3 is 10.3 Å². The van der Waals surface area contributed by atoms with E-state index in [2.05, 4.69) is 20.0 Å². The van der Waals surface area contributed by atoms with E-state index in [1.807, 2.05) is 7.05 Å². The third-order valence-corrected chi connectivity index (χ3v) is 4.03. The Kier molecular flexibility index (Phi) is 6.92. The quantitative estimate of drug-likeness (QED) is 0.534. The van der Waals surface area contributed by atoms with Crippen LogP contribution in [0.1, 0.15) is 25.1 Å². The molecule has 1 aromatic rings. The van der Waals surface area contributed by atoms with Crippen LogP contribution in [0, 0.1) is 0 Å². The number of rotatable bonds is 10. The SMILES string of the molecule is CNCCCCS(=O)(=O)NCCCc1ncc[nH]1. The predicted molar refractivity (Wildman–Crippen MR) is 71.9 cm³/mol. The molecule has 0 aliphatic carbocycles. The minimum Gasteiger partial charge on any atom is -0.349 e. The molecule has 0 aliphatic rings. The monoisotopic (exact) mass is 274 g/mol. The van der Waals surface area contributed by atoms with Gasteiger partial charge >= 0.3 is 0 Å². The number of aromatic amines is 1. The van der Waals surface area contributed by atoms with E-state index in [4.69, 9.17) is 0 Å². The van der Waals surface area contributed by atoms with Crippen LogP contribution in [-0.4, -0.2) is 44.3 Å². The Balaban J connectivity index is 2.09. The van der Waals surface area contributed by atoms with Gasteiger partial charge in [-0.25, -0.2) is 18.1 Å². The number of unbranched alkanes of at least 4 members (excludes halogenated alkanes) is 1. The van der Waals surface area contributed by atoms with Crippen molar-refractivity contribution in [2.75, 3.05) is 25.9 Å². The van der Waals surface area contributed by atoms with Crippen molar-refractivity contribution in [3.8, 4) is 0 Å². The summed E-state index contributed by atoms with van der Waals surface area (Å²) in [6, 6.07) is 0. The highest BCUT2D eigenvalue weighted by Crippen LogP contribution is 1.96. The lowest BCUT2D eigenvalue weighted by Gasteiger charge is -2.06. The summed E-state index contributed by atoms with van der Waals surface area (Å²) in [6.45, 7) is 1.32. The van der Waals surface area contributed by atoms with Crippen molar-refractivity contribution in [3.05, 3.63) is 18.2 Å². The van der Waals surface area contributed by atoms with Crippen molar-refractivity contribution in [1.82, 2.24) is 20.0 Å². The lowest BCUT2D eigenvalue weighted by Crippen LogP contribution is -2.28. The highest BCUT2D eigenvalue weighted by Gasteiger charge is 2.08. The molecule has 0 spiro atoms. The zero-order chi connectivity index (χ0) is 13.3. The standard InChI is InChI=1S/C11H22N4O2S/c1-12-6-2-3-10-18(16,17)15-7-4-5-11-13-8-9-14-11/h8-9,12,15H,2-7,10H2,1H3,(H,13,14). The summed E-state index contributed by atoms with van der Waals surface area (Å²) < 4.78 is 25.8. The molecular weight excluding hydrogens is 252 g/mol. The molecule has 0 aromatic carbocycles. The second-order valence-corrected chi connectivity index (χ2v) is 6.09. The molecule has 1 aromatic heterocycles. The van der Waals surface area contributed by atoms with Crippen molar-refractivity contribution in [2.24, 2.45) is 0 Å². The van der Waals surface area contributed by atoms with Crippen LogP contribution >= 0.6 is 0 Å². The molecule has 0 bridgehead atoms. The lowest BCUT2D eigenvalue weighted by molar-refractivity contribution is 0.573. The second-order valence-electron chi connectivity index (χ2n) is 4.16. The van der Waals surface area contributed by atoms with Gasteiger partial charge in [-0.1, -0.05) is 0 Å². The smallest absolute Gasteiger partial charge is 0.211 e. The van der Waals surface area contributed by atoms with Crippen molar-refractivity contribution >= 4 is 10.0 Å². The number of nitrogens with zero attached hydrogens (tertiary/aromatic N) is 1. The number of hydrogen-bond donors (Lipinski definition) is 3. The maximum Gasteiger partial charge on any atom is 0.211 e. The number of aryl methyl sites for hydroxylation is 1. The molecule has 6 nitrogen and oxygen atoms in total. The average molecular weight is 274 g/mol. The minimum absolute atomic E-state index is 0.204. The van der Waals surface area contributed by atoms with Gasteiger partial charge in [-0.05, 0) is 32.9 Å². The molecule has 1 heterocycles. The Bertz CT molecular complexity index is 403. The first-order valence-corrected chi connectivity index (χ1v) is 7.89. The molecule has 0 fully saturated rings. The molecule has 0 radical (unpaired) electrons. The summed E-state index contributed by atoms with van der Waals surface area (Å²) in [7, 11) is -1.25. The third kappa shape index (κ3) is 6.73. The van der Waals surface area contributed by atoms with Gasteiger partial charge in [0.1, 0.15) is 5.82 Å². The van der Waals surface area contributed by atoms with Crippen LogP contribution in [0.15, 0.2) is 12.4 Å². The Labute approximate surface area is 109 Å². The van der Waals surface area contributed by atoms with Crippen LogP contribution in [0.5, 0.6) is 0 Å². The third-order valence-electron chi connectivity index (χ3n) is 2.56. The van der Waals surface area contributed by atoms with E-state index in [-0.39, 0.29) is 5.75 Å². The predicted octanol–water partition coefficient (Wildman–Crippen LogP) is 0.261. The molecule has 0 atom stereocenters. The maximum atomic E-state index is 11.6. The van der Waals surface area contributed by atoms with E-state index in [0.717, 1.165) is 31.6 Å². The van der Waals surface area contributed by atoms with Gasteiger partial charge in [-0.2, -0.15) is 0 Å². The molecule has 0 saturated heterocycles. The topological polar surface area (TPSA) is 86.9 Å². The van der Waals surface area contributed by atoms with Crippen molar-refractivity contribution < 1.29 is 8.42 Å². The first-order chi connectivity index (χ1) is 8.64. The van der Waals surface area contributed by atoms with Gasteiger partial charge in [-0.3, -0.25) is 0 Å². The highest BCUT2D eigenvalue weighted by atomic mass is 32.2. The lowest BCUT2D eigenvalue weighted by atomic mass is 10.3. The van der Waals surface area contributed by atoms with E-state index < -0.39 is 10.0 Å². The number of sulfonamides is 1. The van der Waals surface area contributed by atoms with Crippen molar-refractivity contribution in [1.29, 1.82) is 0 Å². The fourth-order valence-electron chi connectivity index (χ4n) is 1.58. The first-order valence-electron chi connectivity index (χ1n) is 6.24. The molecule has 0 unspecified atom stereocenters. The summed E-state index contributed by atoms with van der Waals surface area (Å²) >= 11 is 0. The number of aromatic nitrogens is 2. The summed E-state index contributed by atoms with van der Waals surface area (Å²) in [4.78, 5) is 7.07. The van der Waals surface area contributed by atoms with Crippen molar-refractivity contribution in [3.63, 3.8) is 0 Å². The molecule has 104 valence electrons. The summed E-state index contributed by atoms with van der Waals surface area (Å²) in [5, 5.41) is 3.00. The van der Waals surface area contributed by atoms with Crippen LogP contribution in [-0.2, 0) is 16.4 Å². The largest absolute Gasteiger partial charge is 0.349 e. The summed E-state index contributed by atoms with van der Waals surface area (Å²) in [5.41, 5.74) is 0. The summed E-state index contributed by atoms with van der Waals surface area (Å²) in [6.07, 6.45) is 6.54. The molecule has 1 rings (SSSR count). The molecule has 0 saturated carbocycles. The van der Waals surface area contributed by atoms with Crippen LogP contribution in [0.2, 0.25) is 0 Å². The Morgan fingerprint density at radius 1 is 1.28 bits per heavy atom. The number of hydrogen-bond acceptors (Lipinski definition) is 4. The Morgan fingerprint density at radius 2 is 2.11 bits per heavy atom. The molecule has 7 heteroatoms. The van der Waals surface area contributed by atoms with Crippen LogP contribution in [0.3, 0.4) is 0 Å². The van der Waals surface area contributed by atoms with E-state index in [1.165, 1.54) is 0 Å². The number of imidazole rings is 1. The van der Waals surface area contributed by atoms with Gasteiger partial charge in [0.2, 0.25) is 10.0 Å². The fraction of sp³-hybridized carbons (Fsp3) is 0.727. The van der Waals surface area contributed by atoms with Gasteiger partial charge in [0, 0.05) is 25.4 Å². The van der Waals surface area contributed by atoms with Crippen LogP contribution < -0.4 is 10.0 Å². The van der Waals surface area contributed by atoms with Crippen LogP contribution in [0.4, 0.5) is 0 Å². The number of nitrogens with one attached hydrogen (secondary N) is 3. The molecule has 0 aliphatic heterocycles. The average Bonchev–Trinajstić information content (AvgIpc) is 2.83. The van der Waals surface area contributed by atoms with E-state index >= 15 is 0 Å². The fourth-order valence-corrected chi connectivity index (χ4v) is 2.77. The van der Waals surface area contributed by atoms with E-state index in [1.54, 1.807) is 12.4 Å². The number of H-pyrrole nitrogens is 1. The van der Waals surface area contributed by atoms with Gasteiger partial charge in [0.05, 0.1) is 5.75 Å². The zero-order valence-electron chi connectivity index (χ0n) is 10.8. The Hall–Kier alpha value is -0.920. The minimum atomic E-state index is -3.11. The highest BCUT2D eigenvalue weighted by molar-refractivity contribution is 7.89. The van der Waals surface area contributed by atoms with Gasteiger partial charge in [0.25, 0.3) is 0 Å². The van der Waals surface area contributed by atoms with Gasteiger partial charge in [0.15, 0.2) is 0 Å².